The molecule has 2 aromatic carbocycles. The number of rotatable bonds is 8. The summed E-state index contributed by atoms with van der Waals surface area (Å²) in [4.78, 5) is 4.22. The van der Waals surface area contributed by atoms with Crippen molar-refractivity contribution in [3.05, 3.63) is 52.5 Å². The van der Waals surface area contributed by atoms with Crippen LogP contribution in [-0.2, 0) is 9.47 Å². The normalized spacial score (nSPS) is 19.0. The summed E-state index contributed by atoms with van der Waals surface area (Å²) in [5.41, 5.74) is 1.82. The predicted octanol–water partition coefficient (Wildman–Crippen LogP) is 4.82. The molecular weight excluding hydrogens is 380 g/mol. The fraction of sp³-hybridized carbons (Fsp3) is 0.316. The van der Waals surface area contributed by atoms with E-state index in [9.17, 15) is 4.39 Å². The third-order valence-corrected chi connectivity index (χ3v) is 4.58. The molecule has 0 fully saturated rings. The number of benzene rings is 2. The lowest BCUT2D eigenvalue weighted by Crippen LogP contribution is -2.24. The second kappa shape index (κ2) is 9.33. The van der Waals surface area contributed by atoms with Gasteiger partial charge in [-0.15, -0.1) is 0 Å². The smallest absolute Gasteiger partial charge is 0.182 e. The summed E-state index contributed by atoms with van der Waals surface area (Å²) >= 11 is 12.3. The molecule has 0 amide bonds. The second-order valence-corrected chi connectivity index (χ2v) is 6.41. The lowest BCUT2D eigenvalue weighted by atomic mass is 10.1. The summed E-state index contributed by atoms with van der Waals surface area (Å²) in [7, 11) is 0. The minimum atomic E-state index is -0.507. The van der Waals surface area contributed by atoms with E-state index >= 15 is 0 Å². The first kappa shape index (κ1) is 19.1. The van der Waals surface area contributed by atoms with Crippen molar-refractivity contribution in [2.45, 2.75) is 12.3 Å². The van der Waals surface area contributed by atoms with E-state index < -0.39 is 12.9 Å². The van der Waals surface area contributed by atoms with Crippen LogP contribution in [0.15, 0.2) is 47.5 Å². The number of aliphatic imine (C=N–C) groups is 1. The zero-order valence-electron chi connectivity index (χ0n) is 13.9. The van der Waals surface area contributed by atoms with Crippen LogP contribution in [0.2, 0.25) is 10.0 Å². The highest BCUT2D eigenvalue weighted by Gasteiger charge is 2.21. The Balaban J connectivity index is 1.51. The van der Waals surface area contributed by atoms with Gasteiger partial charge in [0, 0.05) is 11.8 Å². The van der Waals surface area contributed by atoms with Gasteiger partial charge in [0.25, 0.3) is 0 Å². The highest BCUT2D eigenvalue weighted by atomic mass is 35.5. The van der Waals surface area contributed by atoms with Crippen LogP contribution in [-0.4, -0.2) is 45.0 Å². The maximum Gasteiger partial charge on any atom is 0.182 e. The number of hydrogen-bond donors (Lipinski definition) is 0. The van der Waals surface area contributed by atoms with E-state index in [2.05, 4.69) is 4.99 Å². The van der Waals surface area contributed by atoms with Gasteiger partial charge in [0.2, 0.25) is 0 Å². The Labute approximate surface area is 161 Å². The van der Waals surface area contributed by atoms with Crippen molar-refractivity contribution in [2.75, 3.05) is 26.5 Å². The molecule has 0 N–H and O–H groups in total. The second-order valence-electron chi connectivity index (χ2n) is 5.63. The summed E-state index contributed by atoms with van der Waals surface area (Å²) in [5.74, 6) is 0.697. The zero-order chi connectivity index (χ0) is 18.4. The molecule has 0 bridgehead atoms. The monoisotopic (exact) mass is 397 g/mol. The lowest BCUT2D eigenvalue weighted by molar-refractivity contribution is -0.0219. The van der Waals surface area contributed by atoms with Crippen LogP contribution in [0.4, 0.5) is 4.39 Å². The van der Waals surface area contributed by atoms with Gasteiger partial charge in [-0.25, -0.2) is 4.39 Å². The standard InChI is InChI=1S/C19H18Cl2FNO3/c20-17-3-1-2-16(19(17)21)13-4-6-14(7-5-13)25-12-18-23-10-15(26-18)11-24-9-8-22/h1-7,10,15,18H,8-9,11-12H2/t15?,18-/m0/s1. The van der Waals surface area contributed by atoms with Crippen molar-refractivity contribution in [1.29, 1.82) is 0 Å². The molecular formula is C19H18Cl2FNO3. The quantitative estimate of drug-likeness (QED) is 0.599. The van der Waals surface area contributed by atoms with E-state index in [1.165, 1.54) is 0 Å². The summed E-state index contributed by atoms with van der Waals surface area (Å²) in [5, 5.41) is 1.04. The predicted molar refractivity (Wildman–Crippen MR) is 101 cm³/mol. The topological polar surface area (TPSA) is 40.0 Å². The van der Waals surface area contributed by atoms with Crippen molar-refractivity contribution in [2.24, 2.45) is 4.99 Å². The highest BCUT2D eigenvalue weighted by molar-refractivity contribution is 6.43. The number of alkyl halides is 1. The molecule has 1 aliphatic heterocycles. The van der Waals surface area contributed by atoms with E-state index in [-0.39, 0.29) is 19.3 Å². The van der Waals surface area contributed by atoms with Gasteiger partial charge in [0.05, 0.1) is 23.3 Å². The first-order chi connectivity index (χ1) is 12.7. The maximum atomic E-state index is 12.0. The molecule has 0 radical (unpaired) electrons. The first-order valence-corrected chi connectivity index (χ1v) is 8.92. The zero-order valence-corrected chi connectivity index (χ0v) is 15.4. The van der Waals surface area contributed by atoms with Gasteiger partial charge in [-0.3, -0.25) is 4.99 Å². The Hall–Kier alpha value is -1.66. The van der Waals surface area contributed by atoms with Crippen molar-refractivity contribution in [3.63, 3.8) is 0 Å². The van der Waals surface area contributed by atoms with Gasteiger partial charge in [-0.1, -0.05) is 47.5 Å². The Morgan fingerprint density at radius 2 is 1.88 bits per heavy atom. The lowest BCUT2D eigenvalue weighted by Gasteiger charge is -2.14. The molecule has 2 atom stereocenters. The highest BCUT2D eigenvalue weighted by Crippen LogP contribution is 2.34. The average molecular weight is 398 g/mol. The number of hydrogen-bond acceptors (Lipinski definition) is 4. The Kier molecular flexibility index (Phi) is 6.86. The van der Waals surface area contributed by atoms with E-state index in [0.29, 0.717) is 22.4 Å². The van der Waals surface area contributed by atoms with Gasteiger partial charge in [-0.2, -0.15) is 0 Å². The fourth-order valence-electron chi connectivity index (χ4n) is 2.51. The van der Waals surface area contributed by atoms with Crippen molar-refractivity contribution < 1.29 is 18.6 Å². The molecule has 0 aromatic heterocycles. The number of halogens is 3. The number of nitrogens with zero attached hydrogens (tertiary/aromatic N) is 1. The van der Waals surface area contributed by atoms with E-state index in [1.54, 1.807) is 12.3 Å². The van der Waals surface area contributed by atoms with Crippen LogP contribution in [0.3, 0.4) is 0 Å². The minimum absolute atomic E-state index is 0.0673. The van der Waals surface area contributed by atoms with Crippen LogP contribution < -0.4 is 4.74 Å². The first-order valence-electron chi connectivity index (χ1n) is 8.17. The maximum absolute atomic E-state index is 12.0. The molecule has 4 nitrogen and oxygen atoms in total. The molecule has 0 saturated carbocycles. The van der Waals surface area contributed by atoms with E-state index in [1.807, 2.05) is 36.4 Å². The summed E-state index contributed by atoms with van der Waals surface area (Å²) < 4.78 is 28.4. The van der Waals surface area contributed by atoms with E-state index in [0.717, 1.165) is 11.1 Å². The molecule has 1 heterocycles. The Morgan fingerprint density at radius 3 is 2.65 bits per heavy atom. The van der Waals surface area contributed by atoms with Crippen molar-refractivity contribution >= 4 is 29.4 Å². The van der Waals surface area contributed by atoms with Gasteiger partial charge in [0.1, 0.15) is 25.1 Å². The molecule has 3 rings (SSSR count). The molecule has 0 spiro atoms. The van der Waals surface area contributed by atoms with E-state index in [4.69, 9.17) is 37.4 Å². The summed E-state index contributed by atoms with van der Waals surface area (Å²) in [6, 6.07) is 13.1. The molecule has 0 saturated heterocycles. The van der Waals surface area contributed by atoms with Crippen LogP contribution in [0.5, 0.6) is 5.75 Å². The number of ether oxygens (including phenoxy) is 3. The molecule has 2 aromatic rings. The Bertz CT molecular complexity index is 755. The molecule has 0 aliphatic carbocycles. The Morgan fingerprint density at radius 1 is 1.08 bits per heavy atom. The fourth-order valence-corrected chi connectivity index (χ4v) is 2.92. The van der Waals surface area contributed by atoms with Gasteiger partial charge < -0.3 is 14.2 Å². The van der Waals surface area contributed by atoms with Gasteiger partial charge >= 0.3 is 0 Å². The minimum Gasteiger partial charge on any atom is -0.489 e. The SMILES string of the molecule is FCCOCC1C=N[C@H](COc2ccc(-c3cccc(Cl)c3Cl)cc2)O1. The van der Waals surface area contributed by atoms with Crippen molar-refractivity contribution in [3.8, 4) is 16.9 Å². The summed E-state index contributed by atoms with van der Waals surface area (Å²) in [6.07, 6.45) is 1.01. The molecule has 26 heavy (non-hydrogen) atoms. The summed E-state index contributed by atoms with van der Waals surface area (Å²) in [6.45, 7) is 0.136. The molecule has 7 heteroatoms. The molecule has 138 valence electrons. The average Bonchev–Trinajstić information content (AvgIpc) is 3.11. The largest absolute Gasteiger partial charge is 0.489 e. The van der Waals surface area contributed by atoms with Crippen LogP contribution >= 0.6 is 23.2 Å². The van der Waals surface area contributed by atoms with Crippen LogP contribution in [0, 0.1) is 0 Å². The van der Waals surface area contributed by atoms with Gasteiger partial charge in [0.15, 0.2) is 6.23 Å². The van der Waals surface area contributed by atoms with Crippen molar-refractivity contribution in [1.82, 2.24) is 0 Å². The third kappa shape index (κ3) is 4.95. The molecule has 1 aliphatic rings. The van der Waals surface area contributed by atoms with Crippen LogP contribution in [0.1, 0.15) is 0 Å². The van der Waals surface area contributed by atoms with Gasteiger partial charge in [-0.05, 0) is 23.8 Å². The van der Waals surface area contributed by atoms with Crippen LogP contribution in [0.25, 0.3) is 11.1 Å². The molecule has 1 unspecified atom stereocenters. The third-order valence-electron chi connectivity index (χ3n) is 3.76.